The number of hydrogen-bond acceptors (Lipinski definition) is 6. The number of pyridine rings is 1. The summed E-state index contributed by atoms with van der Waals surface area (Å²) in [5, 5.41) is 10.7. The minimum absolute atomic E-state index is 0.0678. The van der Waals surface area contributed by atoms with Crippen molar-refractivity contribution in [3.8, 4) is 0 Å². The maximum Gasteiger partial charge on any atom is 0.323 e. The number of hydrogen-bond donors (Lipinski definition) is 1. The van der Waals surface area contributed by atoms with Crippen LogP contribution in [0, 0.1) is 5.92 Å². The summed E-state index contributed by atoms with van der Waals surface area (Å²) >= 11 is 0. The van der Waals surface area contributed by atoms with Gasteiger partial charge in [-0.25, -0.2) is 0 Å². The molecule has 1 aliphatic carbocycles. The smallest absolute Gasteiger partial charge is 0.323 e. The maximum absolute atomic E-state index is 12.7. The van der Waals surface area contributed by atoms with Gasteiger partial charge in [0, 0.05) is 24.9 Å². The number of aryl methyl sites for hydroxylation is 1. The summed E-state index contributed by atoms with van der Waals surface area (Å²) in [4.78, 5) is 31.1. The number of carbonyl (C=O) groups excluding carboxylic acids is 2. The molecule has 1 N–H and O–H groups in total. The zero-order chi connectivity index (χ0) is 19.8. The molecule has 2 unspecified atom stereocenters. The monoisotopic (exact) mass is 388 g/mol. The molecule has 3 rings (SSSR count). The van der Waals surface area contributed by atoms with E-state index in [1.807, 2.05) is 18.3 Å². The van der Waals surface area contributed by atoms with E-state index in [4.69, 9.17) is 4.74 Å². The first-order chi connectivity index (χ1) is 13.7. The van der Waals surface area contributed by atoms with Crippen LogP contribution in [0.15, 0.2) is 24.5 Å². The van der Waals surface area contributed by atoms with E-state index in [1.165, 1.54) is 0 Å². The Labute approximate surface area is 167 Å². The predicted molar refractivity (Wildman–Crippen MR) is 105 cm³/mol. The fourth-order valence-corrected chi connectivity index (χ4v) is 4.35. The van der Waals surface area contributed by atoms with Gasteiger partial charge in [0.15, 0.2) is 12.0 Å². The number of piperidine rings is 1. The van der Waals surface area contributed by atoms with Gasteiger partial charge < -0.3 is 9.84 Å². The molecule has 1 aliphatic heterocycles. The molecule has 28 heavy (non-hydrogen) atoms. The molecule has 1 aromatic heterocycles. The van der Waals surface area contributed by atoms with Crippen molar-refractivity contribution in [1.29, 1.82) is 0 Å². The lowest BCUT2D eigenvalue weighted by Crippen LogP contribution is -2.54. The van der Waals surface area contributed by atoms with Crippen LogP contribution in [-0.4, -0.2) is 52.2 Å². The van der Waals surface area contributed by atoms with Gasteiger partial charge in [-0.1, -0.05) is 31.7 Å². The third kappa shape index (κ3) is 5.61. The van der Waals surface area contributed by atoms with Gasteiger partial charge in [0.2, 0.25) is 0 Å². The van der Waals surface area contributed by atoms with Gasteiger partial charge in [-0.15, -0.1) is 0 Å². The van der Waals surface area contributed by atoms with Crippen molar-refractivity contribution in [2.24, 2.45) is 5.92 Å². The van der Waals surface area contributed by atoms with Crippen LogP contribution in [0.3, 0.4) is 0 Å². The number of aromatic nitrogens is 1. The minimum Gasteiger partial charge on any atom is -0.465 e. The molecule has 6 heteroatoms. The van der Waals surface area contributed by atoms with E-state index >= 15 is 0 Å². The van der Waals surface area contributed by atoms with Crippen LogP contribution in [0.4, 0.5) is 0 Å². The Morgan fingerprint density at radius 3 is 2.71 bits per heavy atom. The van der Waals surface area contributed by atoms with Crippen LogP contribution in [-0.2, 0) is 20.7 Å². The van der Waals surface area contributed by atoms with Crippen LogP contribution in [0.2, 0.25) is 0 Å². The zero-order valence-corrected chi connectivity index (χ0v) is 16.6. The van der Waals surface area contributed by atoms with Gasteiger partial charge in [-0.3, -0.25) is 19.5 Å². The number of Topliss-reactive ketones (excluding diaryl/α,β-unsaturated/α-hetero) is 1. The third-order valence-electron chi connectivity index (χ3n) is 5.97. The first-order valence-corrected chi connectivity index (χ1v) is 10.7. The van der Waals surface area contributed by atoms with Crippen LogP contribution in [0.1, 0.15) is 63.4 Å². The number of carbonyl (C=O) groups is 2. The number of nitrogens with zero attached hydrogens (tertiary/aromatic N) is 2. The number of aliphatic hydroxyl groups excluding tert-OH is 1. The van der Waals surface area contributed by atoms with Crippen molar-refractivity contribution in [2.45, 2.75) is 76.5 Å². The average molecular weight is 389 g/mol. The van der Waals surface area contributed by atoms with E-state index in [0.29, 0.717) is 19.6 Å². The molecule has 2 atom stereocenters. The Morgan fingerprint density at radius 1 is 1.18 bits per heavy atom. The van der Waals surface area contributed by atoms with E-state index in [-0.39, 0.29) is 17.7 Å². The van der Waals surface area contributed by atoms with Crippen LogP contribution in [0.25, 0.3) is 0 Å². The van der Waals surface area contributed by atoms with Crippen LogP contribution >= 0.6 is 0 Å². The molecule has 2 aliphatic rings. The van der Waals surface area contributed by atoms with Crippen molar-refractivity contribution < 1.29 is 19.4 Å². The summed E-state index contributed by atoms with van der Waals surface area (Å²) in [7, 11) is 0. The summed E-state index contributed by atoms with van der Waals surface area (Å²) in [5.41, 5.74) is 1.12. The lowest BCUT2D eigenvalue weighted by atomic mass is 9.85. The second-order valence-corrected chi connectivity index (χ2v) is 7.99. The van der Waals surface area contributed by atoms with E-state index in [9.17, 15) is 14.7 Å². The summed E-state index contributed by atoms with van der Waals surface area (Å²) in [6.07, 6.45) is 11.3. The summed E-state index contributed by atoms with van der Waals surface area (Å²) in [5.74, 6) is -0.501. The highest BCUT2D eigenvalue weighted by atomic mass is 16.5. The SMILES string of the molecule is O=C(C1CCCCC1)C(O)N1CCCCC1C(=O)OCCCc1cccnc1. The van der Waals surface area contributed by atoms with E-state index in [1.54, 1.807) is 11.1 Å². The second kappa shape index (κ2) is 10.7. The predicted octanol–water partition coefficient (Wildman–Crippen LogP) is 2.88. The molecule has 1 aromatic rings. The van der Waals surface area contributed by atoms with E-state index < -0.39 is 12.3 Å². The maximum atomic E-state index is 12.7. The Kier molecular flexibility index (Phi) is 7.98. The highest BCUT2D eigenvalue weighted by molar-refractivity contribution is 5.86. The van der Waals surface area contributed by atoms with Gasteiger partial charge in [0.1, 0.15) is 6.04 Å². The highest BCUT2D eigenvalue weighted by Gasteiger charge is 2.39. The molecule has 154 valence electrons. The Morgan fingerprint density at radius 2 is 1.96 bits per heavy atom. The lowest BCUT2D eigenvalue weighted by Gasteiger charge is -2.38. The molecule has 6 nitrogen and oxygen atoms in total. The summed E-state index contributed by atoms with van der Waals surface area (Å²) in [6, 6.07) is 3.38. The molecule has 2 fully saturated rings. The van der Waals surface area contributed by atoms with Crippen molar-refractivity contribution in [1.82, 2.24) is 9.88 Å². The van der Waals surface area contributed by atoms with Gasteiger partial charge in [0.05, 0.1) is 6.61 Å². The fourth-order valence-electron chi connectivity index (χ4n) is 4.35. The minimum atomic E-state index is -1.18. The lowest BCUT2D eigenvalue weighted by molar-refractivity contribution is -0.163. The number of rotatable bonds is 8. The molecular formula is C22H32N2O4. The molecule has 0 aromatic carbocycles. The molecule has 0 radical (unpaired) electrons. The molecule has 1 saturated carbocycles. The highest BCUT2D eigenvalue weighted by Crippen LogP contribution is 2.28. The number of likely N-dealkylation sites (tertiary alicyclic amines) is 1. The molecule has 1 saturated heterocycles. The number of ketones is 1. The standard InChI is InChI=1S/C22H32N2O4/c25-20(18-10-2-1-3-11-18)21(26)24-14-5-4-12-19(24)22(27)28-15-7-9-17-8-6-13-23-16-17/h6,8,13,16,18-19,21,26H,1-5,7,9-12,14-15H2. The zero-order valence-electron chi connectivity index (χ0n) is 16.6. The molecule has 0 amide bonds. The van der Waals surface area contributed by atoms with Crippen molar-refractivity contribution in [3.05, 3.63) is 30.1 Å². The third-order valence-corrected chi connectivity index (χ3v) is 5.97. The first-order valence-electron chi connectivity index (χ1n) is 10.7. The molecular weight excluding hydrogens is 356 g/mol. The molecule has 0 bridgehead atoms. The van der Waals surface area contributed by atoms with E-state index in [0.717, 1.165) is 63.4 Å². The van der Waals surface area contributed by atoms with Gasteiger partial charge in [-0.05, 0) is 50.2 Å². The Bertz CT molecular complexity index is 631. The topological polar surface area (TPSA) is 79.7 Å². The molecule has 2 heterocycles. The fraction of sp³-hybridized carbons (Fsp3) is 0.682. The first kappa shape index (κ1) is 20.9. The number of ether oxygens (including phenoxy) is 1. The van der Waals surface area contributed by atoms with E-state index in [2.05, 4.69) is 4.98 Å². The normalized spacial score (nSPS) is 22.5. The second-order valence-electron chi connectivity index (χ2n) is 7.99. The van der Waals surface area contributed by atoms with Crippen LogP contribution < -0.4 is 0 Å². The summed E-state index contributed by atoms with van der Waals surface area (Å²) < 4.78 is 5.49. The average Bonchev–Trinajstić information content (AvgIpc) is 2.77. The van der Waals surface area contributed by atoms with Crippen molar-refractivity contribution in [3.63, 3.8) is 0 Å². The van der Waals surface area contributed by atoms with Gasteiger partial charge in [-0.2, -0.15) is 0 Å². The Balaban J connectivity index is 1.50. The van der Waals surface area contributed by atoms with Crippen LogP contribution in [0.5, 0.6) is 0 Å². The number of esters is 1. The Hall–Kier alpha value is -1.79. The van der Waals surface area contributed by atoms with Gasteiger partial charge in [0.25, 0.3) is 0 Å². The largest absolute Gasteiger partial charge is 0.465 e. The van der Waals surface area contributed by atoms with Gasteiger partial charge >= 0.3 is 5.97 Å². The summed E-state index contributed by atoms with van der Waals surface area (Å²) in [6.45, 7) is 0.903. The van der Waals surface area contributed by atoms with Crippen molar-refractivity contribution >= 4 is 11.8 Å². The number of aliphatic hydroxyl groups is 1. The quantitative estimate of drug-likeness (QED) is 0.545. The molecule has 0 spiro atoms. The van der Waals surface area contributed by atoms with Crippen molar-refractivity contribution in [2.75, 3.05) is 13.2 Å².